The van der Waals surface area contributed by atoms with Crippen LogP contribution in [0.3, 0.4) is 0 Å². The molecule has 5 nitrogen and oxygen atoms in total. The maximum absolute atomic E-state index is 11.4. The second kappa shape index (κ2) is 5.34. The van der Waals surface area contributed by atoms with Gasteiger partial charge in [-0.15, -0.1) is 0 Å². The van der Waals surface area contributed by atoms with Crippen molar-refractivity contribution in [2.24, 2.45) is 0 Å². The molecule has 2 rings (SSSR count). The highest BCUT2D eigenvalue weighted by molar-refractivity contribution is 5.81. The van der Waals surface area contributed by atoms with Crippen molar-refractivity contribution in [2.75, 3.05) is 7.11 Å². The Hall–Kier alpha value is -2.04. The van der Waals surface area contributed by atoms with E-state index in [9.17, 15) is 9.59 Å². The maximum Gasteiger partial charge on any atom is 0.350 e. The summed E-state index contributed by atoms with van der Waals surface area (Å²) < 4.78 is 14.7. The fourth-order valence-electron chi connectivity index (χ4n) is 1.37. The van der Waals surface area contributed by atoms with Gasteiger partial charge in [0.1, 0.15) is 5.39 Å². The van der Waals surface area contributed by atoms with E-state index in [0.717, 1.165) is 0 Å². The van der Waals surface area contributed by atoms with E-state index in [-0.39, 0.29) is 22.3 Å². The Morgan fingerprint density at radius 3 is 2.41 bits per heavy atom. The first-order chi connectivity index (χ1) is 8.15. The number of fused-ring (bicyclic) bond motifs is 1. The first kappa shape index (κ1) is 13.0. The molecule has 0 aromatic carbocycles. The summed E-state index contributed by atoms with van der Waals surface area (Å²) >= 11 is 0. The van der Waals surface area contributed by atoms with Gasteiger partial charge in [0.15, 0.2) is 11.3 Å². The molecule has 0 unspecified atom stereocenters. The van der Waals surface area contributed by atoms with Crippen LogP contribution in [0.15, 0.2) is 30.8 Å². The molecular weight excluding hydrogens is 224 g/mol. The summed E-state index contributed by atoms with van der Waals surface area (Å²) in [5.41, 5.74) is -1.01. The van der Waals surface area contributed by atoms with Gasteiger partial charge in [0.25, 0.3) is 0 Å². The lowest BCUT2D eigenvalue weighted by molar-refractivity contribution is 0.403. The Labute approximate surface area is 97.6 Å². The molecule has 92 valence electrons. The molecule has 0 spiro atoms. The lowest BCUT2D eigenvalue weighted by Crippen LogP contribution is -2.06. The molecular formula is C12H14O5. The number of hydrogen-bond donors (Lipinski definition) is 0. The molecule has 0 bridgehead atoms. The number of hydrogen-bond acceptors (Lipinski definition) is 5. The minimum absolute atomic E-state index is 0.192. The van der Waals surface area contributed by atoms with Crippen LogP contribution in [-0.2, 0) is 0 Å². The molecule has 5 heteroatoms. The van der Waals surface area contributed by atoms with Crippen LogP contribution in [0.2, 0.25) is 0 Å². The Balaban J connectivity index is 0.000000686. The second-order valence-corrected chi connectivity index (χ2v) is 3.00. The first-order valence-corrected chi connectivity index (χ1v) is 5.24. The molecule has 0 N–H and O–H groups in total. The first-order valence-electron chi connectivity index (χ1n) is 5.24. The standard InChI is InChI=1S/C10H8O5.C2H6/c1-5-7(13-2)8-6(3-4-14-8)10(12)15-9(5)11;1-2/h3-4H,1-2H3;1-2H3. The van der Waals surface area contributed by atoms with E-state index in [2.05, 4.69) is 4.42 Å². The van der Waals surface area contributed by atoms with Gasteiger partial charge in [-0.25, -0.2) is 9.59 Å². The molecule has 0 saturated heterocycles. The molecule has 0 atom stereocenters. The summed E-state index contributed by atoms with van der Waals surface area (Å²) in [7, 11) is 1.40. The van der Waals surface area contributed by atoms with Crippen LogP contribution in [0.25, 0.3) is 11.0 Å². The molecule has 0 aliphatic heterocycles. The van der Waals surface area contributed by atoms with Crippen LogP contribution < -0.4 is 16.0 Å². The Kier molecular flexibility index (Phi) is 4.09. The zero-order valence-electron chi connectivity index (χ0n) is 10.2. The lowest BCUT2D eigenvalue weighted by Gasteiger charge is -1.97. The summed E-state index contributed by atoms with van der Waals surface area (Å²) in [6.45, 7) is 5.51. The lowest BCUT2D eigenvalue weighted by atomic mass is 10.3. The van der Waals surface area contributed by atoms with Gasteiger partial charge in [0.2, 0.25) is 0 Å². The molecule has 2 aromatic rings. The van der Waals surface area contributed by atoms with Crippen molar-refractivity contribution in [1.82, 2.24) is 0 Å². The number of methoxy groups -OCH3 is 1. The fraction of sp³-hybridized carbons (Fsp3) is 0.333. The van der Waals surface area contributed by atoms with Gasteiger partial charge < -0.3 is 13.6 Å². The molecule has 0 amide bonds. The largest absolute Gasteiger partial charge is 0.492 e. The van der Waals surface area contributed by atoms with Crippen molar-refractivity contribution in [3.05, 3.63) is 38.7 Å². The van der Waals surface area contributed by atoms with Gasteiger partial charge in [0, 0.05) is 0 Å². The van der Waals surface area contributed by atoms with E-state index in [4.69, 9.17) is 9.15 Å². The summed E-state index contributed by atoms with van der Waals surface area (Å²) in [4.78, 5) is 22.7. The van der Waals surface area contributed by atoms with E-state index in [1.807, 2.05) is 13.8 Å². The normalized spacial score (nSPS) is 9.65. The van der Waals surface area contributed by atoms with E-state index in [1.165, 1.54) is 26.4 Å². The molecule has 0 radical (unpaired) electrons. The minimum Gasteiger partial charge on any atom is -0.492 e. The zero-order valence-corrected chi connectivity index (χ0v) is 10.2. The number of ether oxygens (including phenoxy) is 1. The summed E-state index contributed by atoms with van der Waals surface area (Å²) in [6.07, 6.45) is 1.34. The quantitative estimate of drug-likeness (QED) is 0.760. The molecule has 17 heavy (non-hydrogen) atoms. The van der Waals surface area contributed by atoms with E-state index in [1.54, 1.807) is 0 Å². The molecule has 0 saturated carbocycles. The number of rotatable bonds is 1. The van der Waals surface area contributed by atoms with Gasteiger partial charge in [-0.05, 0) is 13.0 Å². The van der Waals surface area contributed by atoms with Crippen LogP contribution >= 0.6 is 0 Å². The Morgan fingerprint density at radius 2 is 1.82 bits per heavy atom. The smallest absolute Gasteiger partial charge is 0.350 e. The highest BCUT2D eigenvalue weighted by Crippen LogP contribution is 2.24. The van der Waals surface area contributed by atoms with Gasteiger partial charge in [-0.1, -0.05) is 13.8 Å². The van der Waals surface area contributed by atoms with Crippen molar-refractivity contribution in [3.63, 3.8) is 0 Å². The third-order valence-corrected chi connectivity index (χ3v) is 2.13. The average Bonchev–Trinajstić information content (AvgIpc) is 2.78. The summed E-state index contributed by atoms with van der Waals surface area (Å²) in [5.74, 6) is 0.228. The predicted octanol–water partition coefficient (Wildman–Crippen LogP) is 2.09. The Morgan fingerprint density at radius 1 is 1.18 bits per heavy atom. The fourth-order valence-corrected chi connectivity index (χ4v) is 1.37. The highest BCUT2D eigenvalue weighted by atomic mass is 16.5. The highest BCUT2D eigenvalue weighted by Gasteiger charge is 2.13. The topological polar surface area (TPSA) is 69.7 Å². The van der Waals surface area contributed by atoms with Crippen molar-refractivity contribution in [3.8, 4) is 5.75 Å². The monoisotopic (exact) mass is 238 g/mol. The zero-order chi connectivity index (χ0) is 13.0. The van der Waals surface area contributed by atoms with Crippen LogP contribution in [0.1, 0.15) is 19.4 Å². The Bertz CT molecular complexity index is 621. The number of furan rings is 1. The van der Waals surface area contributed by atoms with Crippen LogP contribution in [0, 0.1) is 6.92 Å². The van der Waals surface area contributed by atoms with Gasteiger partial charge in [0.05, 0.1) is 18.9 Å². The minimum atomic E-state index is -0.727. The van der Waals surface area contributed by atoms with E-state index >= 15 is 0 Å². The molecule has 0 fully saturated rings. The van der Waals surface area contributed by atoms with E-state index in [0.29, 0.717) is 0 Å². The SMILES string of the molecule is CC.COc1c(C)c(=O)oc(=O)c2ccoc12. The van der Waals surface area contributed by atoms with Crippen molar-refractivity contribution in [2.45, 2.75) is 20.8 Å². The summed E-state index contributed by atoms with van der Waals surface area (Å²) in [5, 5.41) is 0.192. The van der Waals surface area contributed by atoms with Crippen molar-refractivity contribution in [1.29, 1.82) is 0 Å². The molecule has 2 heterocycles. The van der Waals surface area contributed by atoms with Crippen molar-refractivity contribution < 1.29 is 13.6 Å². The summed E-state index contributed by atoms with van der Waals surface area (Å²) in [6, 6.07) is 1.43. The van der Waals surface area contributed by atoms with Crippen LogP contribution in [0.4, 0.5) is 0 Å². The van der Waals surface area contributed by atoms with Gasteiger partial charge in [-0.2, -0.15) is 0 Å². The van der Waals surface area contributed by atoms with E-state index < -0.39 is 11.3 Å². The van der Waals surface area contributed by atoms with Crippen LogP contribution in [-0.4, -0.2) is 7.11 Å². The third kappa shape index (κ3) is 2.22. The van der Waals surface area contributed by atoms with Gasteiger partial charge >= 0.3 is 11.3 Å². The maximum atomic E-state index is 11.4. The third-order valence-electron chi connectivity index (χ3n) is 2.13. The molecule has 0 aliphatic rings. The molecule has 2 aromatic heterocycles. The van der Waals surface area contributed by atoms with Crippen molar-refractivity contribution >= 4 is 11.0 Å². The average molecular weight is 238 g/mol. The van der Waals surface area contributed by atoms with Crippen LogP contribution in [0.5, 0.6) is 5.75 Å². The predicted molar refractivity (Wildman–Crippen MR) is 63.7 cm³/mol. The molecule has 0 aliphatic carbocycles. The second-order valence-electron chi connectivity index (χ2n) is 3.00. The van der Waals surface area contributed by atoms with Gasteiger partial charge in [-0.3, -0.25) is 0 Å².